The first-order valence-corrected chi connectivity index (χ1v) is 5.51. The van der Waals surface area contributed by atoms with Gasteiger partial charge in [-0.2, -0.15) is 0 Å². The zero-order valence-corrected chi connectivity index (χ0v) is 10.2. The maximum atomic E-state index is 11.8. The summed E-state index contributed by atoms with van der Waals surface area (Å²) >= 11 is 0. The van der Waals surface area contributed by atoms with Gasteiger partial charge in [0.15, 0.2) is 0 Å². The molecule has 16 heavy (non-hydrogen) atoms. The highest BCUT2D eigenvalue weighted by Crippen LogP contribution is 2.29. The molecule has 1 heterocycles. The predicted octanol–water partition coefficient (Wildman–Crippen LogP) is 0.261. The van der Waals surface area contributed by atoms with Crippen molar-refractivity contribution in [1.29, 1.82) is 0 Å². The maximum absolute atomic E-state index is 11.8. The lowest BCUT2D eigenvalue weighted by molar-refractivity contribution is -0.153. The Bertz CT molecular complexity index is 291. The number of carbonyl (C=O) groups is 2. The van der Waals surface area contributed by atoms with Gasteiger partial charge in [-0.3, -0.25) is 9.59 Å². The van der Waals surface area contributed by atoms with Gasteiger partial charge >= 0.3 is 5.97 Å². The van der Waals surface area contributed by atoms with Crippen molar-refractivity contribution in [3.05, 3.63) is 0 Å². The summed E-state index contributed by atoms with van der Waals surface area (Å²) in [4.78, 5) is 26.4. The fourth-order valence-electron chi connectivity index (χ4n) is 2.00. The van der Waals surface area contributed by atoms with Crippen molar-refractivity contribution in [3.63, 3.8) is 0 Å². The molecule has 1 aliphatic heterocycles. The number of hydrogen-bond acceptors (Lipinski definition) is 3. The molecular weight excluding hydrogens is 208 g/mol. The largest absolute Gasteiger partial charge is 0.481 e. The smallest absolute Gasteiger partial charge is 0.311 e. The first-order chi connectivity index (χ1) is 7.35. The number of carbonyl (C=O) groups excluding carboxylic acids is 1. The number of carboxylic acids is 1. The molecule has 0 bridgehead atoms. The molecule has 1 unspecified atom stereocenters. The van der Waals surface area contributed by atoms with Crippen molar-refractivity contribution < 1.29 is 14.7 Å². The molecule has 0 aromatic carbocycles. The Labute approximate surface area is 96.0 Å². The van der Waals surface area contributed by atoms with E-state index in [9.17, 15) is 9.59 Å². The van der Waals surface area contributed by atoms with Gasteiger partial charge in [-0.15, -0.1) is 0 Å². The van der Waals surface area contributed by atoms with Crippen LogP contribution in [0.5, 0.6) is 0 Å². The van der Waals surface area contributed by atoms with Gasteiger partial charge in [0.05, 0.1) is 12.0 Å². The molecule has 1 fully saturated rings. The van der Waals surface area contributed by atoms with Crippen molar-refractivity contribution in [3.8, 4) is 0 Å². The van der Waals surface area contributed by atoms with Crippen molar-refractivity contribution >= 4 is 11.9 Å². The molecule has 92 valence electrons. The Morgan fingerprint density at radius 3 is 2.56 bits per heavy atom. The number of aliphatic carboxylic acids is 1. The minimum absolute atomic E-state index is 0.0113. The normalized spacial score (nSPS) is 25.9. The minimum atomic E-state index is -0.810. The fraction of sp³-hybridized carbons (Fsp3) is 0.818. The number of carboxylic acid groups (broad SMARTS) is 1. The zero-order chi connectivity index (χ0) is 12.3. The van der Waals surface area contributed by atoms with Crippen LogP contribution < -0.4 is 0 Å². The molecule has 0 spiro atoms. The molecule has 0 aliphatic carbocycles. The minimum Gasteiger partial charge on any atom is -0.481 e. The van der Waals surface area contributed by atoms with Crippen LogP contribution in [0.1, 0.15) is 19.8 Å². The lowest BCUT2D eigenvalue weighted by atomic mass is 9.82. The van der Waals surface area contributed by atoms with E-state index in [-0.39, 0.29) is 5.91 Å². The van der Waals surface area contributed by atoms with E-state index >= 15 is 0 Å². The van der Waals surface area contributed by atoms with Crippen LogP contribution in [0.15, 0.2) is 0 Å². The molecule has 0 radical (unpaired) electrons. The highest BCUT2D eigenvalue weighted by Gasteiger charge is 2.39. The Morgan fingerprint density at radius 1 is 1.44 bits per heavy atom. The summed E-state index contributed by atoms with van der Waals surface area (Å²) in [6.07, 6.45) is 1.41. The van der Waals surface area contributed by atoms with E-state index in [2.05, 4.69) is 0 Å². The van der Waals surface area contributed by atoms with Gasteiger partial charge in [-0.05, 0) is 33.9 Å². The number of amides is 1. The molecule has 1 rings (SSSR count). The lowest BCUT2D eigenvalue weighted by Crippen LogP contribution is -2.50. The molecule has 1 amide bonds. The van der Waals surface area contributed by atoms with Gasteiger partial charge in [-0.25, -0.2) is 0 Å². The number of nitrogens with zero attached hydrogens (tertiary/aromatic N) is 2. The summed E-state index contributed by atoms with van der Waals surface area (Å²) in [6, 6.07) is 0. The zero-order valence-electron chi connectivity index (χ0n) is 10.2. The van der Waals surface area contributed by atoms with Crippen molar-refractivity contribution in [2.45, 2.75) is 19.8 Å². The summed E-state index contributed by atoms with van der Waals surface area (Å²) in [5.74, 6) is -0.799. The van der Waals surface area contributed by atoms with Crippen LogP contribution in [0.25, 0.3) is 0 Å². The van der Waals surface area contributed by atoms with Gasteiger partial charge in [0.25, 0.3) is 0 Å². The van der Waals surface area contributed by atoms with E-state index in [0.29, 0.717) is 26.1 Å². The molecule has 1 saturated heterocycles. The second-order valence-corrected chi connectivity index (χ2v) is 5.02. The van der Waals surface area contributed by atoms with Gasteiger partial charge in [0.1, 0.15) is 0 Å². The Kier molecular flexibility index (Phi) is 3.91. The van der Waals surface area contributed by atoms with E-state index in [4.69, 9.17) is 5.11 Å². The molecule has 0 aromatic rings. The first kappa shape index (κ1) is 13.0. The quantitative estimate of drug-likeness (QED) is 0.752. The predicted molar refractivity (Wildman–Crippen MR) is 60.1 cm³/mol. The summed E-state index contributed by atoms with van der Waals surface area (Å²) < 4.78 is 0. The lowest BCUT2D eigenvalue weighted by Gasteiger charge is -2.37. The SMILES string of the molecule is CN(C)CC(=O)N1CCCC(C)(C(=O)O)C1. The van der Waals surface area contributed by atoms with Crippen LogP contribution >= 0.6 is 0 Å². The molecule has 1 N–H and O–H groups in total. The molecule has 0 saturated carbocycles. The third-order valence-electron chi connectivity index (χ3n) is 3.02. The molecule has 1 aliphatic rings. The molecule has 5 heteroatoms. The van der Waals surface area contributed by atoms with E-state index in [1.807, 2.05) is 14.1 Å². The molecule has 0 aromatic heterocycles. The molecule has 1 atom stereocenters. The number of hydrogen-bond donors (Lipinski definition) is 1. The fourth-order valence-corrected chi connectivity index (χ4v) is 2.00. The van der Waals surface area contributed by atoms with Crippen molar-refractivity contribution in [1.82, 2.24) is 9.80 Å². The van der Waals surface area contributed by atoms with Gasteiger partial charge < -0.3 is 14.9 Å². The average molecular weight is 228 g/mol. The Morgan fingerprint density at radius 2 is 2.06 bits per heavy atom. The van der Waals surface area contributed by atoms with Gasteiger partial charge in [0.2, 0.25) is 5.91 Å². The van der Waals surface area contributed by atoms with Crippen LogP contribution in [0.3, 0.4) is 0 Å². The third-order valence-corrected chi connectivity index (χ3v) is 3.02. The van der Waals surface area contributed by atoms with Crippen molar-refractivity contribution in [2.75, 3.05) is 33.7 Å². The van der Waals surface area contributed by atoms with E-state index in [1.54, 1.807) is 16.7 Å². The molecular formula is C11H20N2O3. The second kappa shape index (κ2) is 4.82. The summed E-state index contributed by atoms with van der Waals surface area (Å²) in [5.41, 5.74) is -0.778. The topological polar surface area (TPSA) is 60.9 Å². The third kappa shape index (κ3) is 2.95. The summed E-state index contributed by atoms with van der Waals surface area (Å²) in [6.45, 7) is 3.06. The first-order valence-electron chi connectivity index (χ1n) is 5.51. The highest BCUT2D eigenvalue weighted by atomic mass is 16.4. The van der Waals surface area contributed by atoms with E-state index in [1.165, 1.54) is 0 Å². The number of rotatable bonds is 3. The van der Waals surface area contributed by atoms with Gasteiger partial charge in [-0.1, -0.05) is 0 Å². The van der Waals surface area contributed by atoms with E-state index in [0.717, 1.165) is 6.42 Å². The van der Waals surface area contributed by atoms with Crippen LogP contribution in [-0.4, -0.2) is 60.5 Å². The van der Waals surface area contributed by atoms with Crippen LogP contribution in [0.4, 0.5) is 0 Å². The molecule has 5 nitrogen and oxygen atoms in total. The van der Waals surface area contributed by atoms with Crippen LogP contribution in [-0.2, 0) is 9.59 Å². The van der Waals surface area contributed by atoms with Crippen LogP contribution in [0.2, 0.25) is 0 Å². The van der Waals surface area contributed by atoms with Crippen molar-refractivity contribution in [2.24, 2.45) is 5.41 Å². The second-order valence-electron chi connectivity index (χ2n) is 5.02. The maximum Gasteiger partial charge on any atom is 0.311 e. The Balaban J connectivity index is 2.63. The van der Waals surface area contributed by atoms with Crippen LogP contribution in [0, 0.1) is 5.41 Å². The number of likely N-dealkylation sites (N-methyl/N-ethyl adjacent to an activating group) is 1. The van der Waals surface area contributed by atoms with E-state index < -0.39 is 11.4 Å². The average Bonchev–Trinajstić information content (AvgIpc) is 2.16. The Hall–Kier alpha value is -1.10. The monoisotopic (exact) mass is 228 g/mol. The standard InChI is InChI=1S/C11H20N2O3/c1-11(10(15)16)5-4-6-13(8-11)9(14)7-12(2)3/h4-8H2,1-3H3,(H,15,16). The van der Waals surface area contributed by atoms with Gasteiger partial charge in [0, 0.05) is 13.1 Å². The highest BCUT2D eigenvalue weighted by molar-refractivity contribution is 5.80. The summed E-state index contributed by atoms with van der Waals surface area (Å²) in [5, 5.41) is 9.13. The number of piperidine rings is 1. The summed E-state index contributed by atoms with van der Waals surface area (Å²) in [7, 11) is 3.66. The number of likely N-dealkylation sites (tertiary alicyclic amines) is 1.